The van der Waals surface area contributed by atoms with Crippen molar-refractivity contribution in [1.82, 2.24) is 0 Å². The first kappa shape index (κ1) is 17.6. The smallest absolute Gasteiger partial charge is 0.323 e. The van der Waals surface area contributed by atoms with E-state index in [2.05, 4.69) is 0 Å². The summed E-state index contributed by atoms with van der Waals surface area (Å²) in [7, 11) is 0. The van der Waals surface area contributed by atoms with Crippen LogP contribution in [-0.4, -0.2) is 29.2 Å². The molecule has 0 amide bonds. The second-order valence-electron chi connectivity index (χ2n) is 3.54. The number of carbonyl (C=O) groups excluding carboxylic acids is 1. The zero-order chi connectivity index (χ0) is 11.9. The molecule has 3 N–H and O–H groups in total. The van der Waals surface area contributed by atoms with Crippen molar-refractivity contribution in [3.05, 3.63) is 0 Å². The Bertz CT molecular complexity index is 235. The van der Waals surface area contributed by atoms with E-state index in [1.54, 1.807) is 6.92 Å². The molecular weight excluding hydrogens is 234 g/mol. The van der Waals surface area contributed by atoms with Crippen molar-refractivity contribution in [1.29, 1.82) is 0 Å². The maximum absolute atomic E-state index is 10.9. The Labute approximate surface area is 102 Å². The fourth-order valence-corrected chi connectivity index (χ4v) is 1.23. The summed E-state index contributed by atoms with van der Waals surface area (Å²) >= 11 is 0. The lowest BCUT2D eigenvalue weighted by Gasteiger charge is -2.23. The first-order chi connectivity index (χ1) is 6.96. The van der Waals surface area contributed by atoms with Crippen molar-refractivity contribution < 1.29 is 19.4 Å². The highest BCUT2D eigenvalue weighted by Crippen LogP contribution is 2.14. The summed E-state index contributed by atoms with van der Waals surface area (Å²) in [6, 6.07) is 0. The maximum atomic E-state index is 10.9. The van der Waals surface area contributed by atoms with Gasteiger partial charge in [0, 0.05) is 12.8 Å². The lowest BCUT2D eigenvalue weighted by Crippen LogP contribution is -2.48. The van der Waals surface area contributed by atoms with Crippen molar-refractivity contribution in [3.63, 3.8) is 0 Å². The second kappa shape index (κ2) is 8.35. The number of hydrogen-bond acceptors (Lipinski definition) is 4. The molecule has 0 aromatic heterocycles. The van der Waals surface area contributed by atoms with Crippen LogP contribution in [0, 0.1) is 0 Å². The van der Waals surface area contributed by atoms with Crippen LogP contribution in [0.15, 0.2) is 0 Å². The van der Waals surface area contributed by atoms with E-state index >= 15 is 0 Å². The van der Waals surface area contributed by atoms with Gasteiger partial charge >= 0.3 is 11.9 Å². The molecule has 5 nitrogen and oxygen atoms in total. The Balaban J connectivity index is 0. The van der Waals surface area contributed by atoms with E-state index in [0.29, 0.717) is 19.3 Å². The largest absolute Gasteiger partial charge is 0.480 e. The van der Waals surface area contributed by atoms with Crippen molar-refractivity contribution in [2.45, 2.75) is 45.1 Å². The molecule has 0 spiro atoms. The lowest BCUT2D eigenvalue weighted by molar-refractivity contribution is -0.149. The fraction of sp³-hybridized carbons (Fsp3) is 0.800. The number of hydrogen-bond donors (Lipinski definition) is 2. The monoisotopic (exact) mass is 253 g/mol. The maximum Gasteiger partial charge on any atom is 0.323 e. The highest BCUT2D eigenvalue weighted by atomic mass is 35.5. The molecule has 0 aromatic carbocycles. The number of rotatable bonds is 7. The summed E-state index contributed by atoms with van der Waals surface area (Å²) in [5, 5.41) is 8.92. The standard InChI is InChI=1S/C10H19NO4.ClH/c1-3-5-10(11,9(13)14)6-7-15-8(12)4-2;/h3-7,11H2,1-2H3,(H,13,14);1H. The molecule has 96 valence electrons. The molecule has 1 unspecified atom stereocenters. The van der Waals surface area contributed by atoms with Crippen molar-refractivity contribution in [2.75, 3.05) is 6.61 Å². The molecule has 0 aliphatic rings. The van der Waals surface area contributed by atoms with Gasteiger partial charge in [0.25, 0.3) is 0 Å². The highest BCUT2D eigenvalue weighted by Gasteiger charge is 2.32. The predicted octanol–water partition coefficient (Wildman–Crippen LogP) is 1.33. The summed E-state index contributed by atoms with van der Waals surface area (Å²) in [6.07, 6.45) is 1.51. The molecule has 0 fully saturated rings. The summed E-state index contributed by atoms with van der Waals surface area (Å²) in [4.78, 5) is 21.7. The van der Waals surface area contributed by atoms with E-state index in [4.69, 9.17) is 15.6 Å². The van der Waals surface area contributed by atoms with Gasteiger partial charge in [0.1, 0.15) is 5.54 Å². The van der Waals surface area contributed by atoms with E-state index in [9.17, 15) is 9.59 Å². The third-order valence-corrected chi connectivity index (χ3v) is 2.22. The third-order valence-electron chi connectivity index (χ3n) is 2.22. The van der Waals surface area contributed by atoms with Crippen molar-refractivity contribution in [2.24, 2.45) is 5.73 Å². The van der Waals surface area contributed by atoms with Gasteiger partial charge in [-0.3, -0.25) is 9.59 Å². The normalized spacial score (nSPS) is 13.4. The number of nitrogens with two attached hydrogens (primary N) is 1. The minimum atomic E-state index is -1.28. The summed E-state index contributed by atoms with van der Waals surface area (Å²) in [5.41, 5.74) is 4.41. The summed E-state index contributed by atoms with van der Waals surface area (Å²) in [6.45, 7) is 3.61. The molecule has 0 saturated heterocycles. The molecular formula is C10H20ClNO4. The number of carboxylic acids is 1. The zero-order valence-corrected chi connectivity index (χ0v) is 10.5. The third kappa shape index (κ3) is 5.92. The van der Waals surface area contributed by atoms with Crippen molar-refractivity contribution in [3.8, 4) is 0 Å². The Morgan fingerprint density at radius 2 is 1.88 bits per heavy atom. The Morgan fingerprint density at radius 3 is 2.25 bits per heavy atom. The van der Waals surface area contributed by atoms with Crippen LogP contribution in [0.25, 0.3) is 0 Å². The van der Waals surface area contributed by atoms with Gasteiger partial charge in [0.15, 0.2) is 0 Å². The number of carbonyl (C=O) groups is 2. The molecule has 6 heteroatoms. The van der Waals surface area contributed by atoms with Crippen LogP contribution >= 0.6 is 12.4 Å². The van der Waals surface area contributed by atoms with Crippen molar-refractivity contribution >= 4 is 24.3 Å². The average molecular weight is 254 g/mol. The molecule has 0 aliphatic carbocycles. The van der Waals surface area contributed by atoms with Crippen LogP contribution in [0.2, 0.25) is 0 Å². The molecule has 0 radical (unpaired) electrons. The number of aliphatic carboxylic acids is 1. The van der Waals surface area contributed by atoms with E-state index in [-0.39, 0.29) is 31.4 Å². The van der Waals surface area contributed by atoms with Crippen LogP contribution in [0.4, 0.5) is 0 Å². The predicted molar refractivity (Wildman–Crippen MR) is 62.6 cm³/mol. The first-order valence-corrected chi connectivity index (χ1v) is 5.14. The van der Waals surface area contributed by atoms with Crippen LogP contribution in [-0.2, 0) is 14.3 Å². The molecule has 16 heavy (non-hydrogen) atoms. The van der Waals surface area contributed by atoms with E-state index in [1.807, 2.05) is 6.92 Å². The quantitative estimate of drug-likeness (QED) is 0.668. The SMILES string of the molecule is CCCC(N)(CCOC(=O)CC)C(=O)O.Cl. The van der Waals surface area contributed by atoms with Gasteiger partial charge < -0.3 is 15.6 Å². The number of esters is 1. The first-order valence-electron chi connectivity index (χ1n) is 5.14. The van der Waals surface area contributed by atoms with Gasteiger partial charge in [0.2, 0.25) is 0 Å². The summed E-state index contributed by atoms with van der Waals surface area (Å²) in [5.74, 6) is -1.38. The van der Waals surface area contributed by atoms with Gasteiger partial charge in [-0.15, -0.1) is 12.4 Å². The molecule has 0 aliphatic heterocycles. The average Bonchev–Trinajstić information content (AvgIpc) is 2.17. The lowest BCUT2D eigenvalue weighted by atomic mass is 9.92. The van der Waals surface area contributed by atoms with E-state index in [0.717, 1.165) is 0 Å². The number of halogens is 1. The Kier molecular flexibility index (Phi) is 9.18. The highest BCUT2D eigenvalue weighted by molar-refractivity contribution is 5.85. The van der Waals surface area contributed by atoms with Crippen LogP contribution in [0.1, 0.15) is 39.5 Å². The van der Waals surface area contributed by atoms with Crippen LogP contribution < -0.4 is 5.73 Å². The second-order valence-corrected chi connectivity index (χ2v) is 3.54. The fourth-order valence-electron chi connectivity index (χ4n) is 1.23. The molecule has 0 bridgehead atoms. The van der Waals surface area contributed by atoms with Gasteiger partial charge in [-0.05, 0) is 6.42 Å². The minimum Gasteiger partial charge on any atom is -0.480 e. The van der Waals surface area contributed by atoms with Gasteiger partial charge in [-0.25, -0.2) is 0 Å². The molecule has 0 saturated carbocycles. The molecule has 0 heterocycles. The van der Waals surface area contributed by atoms with Gasteiger partial charge in [-0.2, -0.15) is 0 Å². The molecule has 0 aromatic rings. The number of ether oxygens (including phenoxy) is 1. The Hall–Kier alpha value is -0.810. The molecule has 0 rings (SSSR count). The van der Waals surface area contributed by atoms with E-state index in [1.165, 1.54) is 0 Å². The van der Waals surface area contributed by atoms with Gasteiger partial charge in [0.05, 0.1) is 6.61 Å². The molecule has 1 atom stereocenters. The van der Waals surface area contributed by atoms with Crippen LogP contribution in [0.3, 0.4) is 0 Å². The Morgan fingerprint density at radius 1 is 1.31 bits per heavy atom. The van der Waals surface area contributed by atoms with Gasteiger partial charge in [-0.1, -0.05) is 20.3 Å². The minimum absolute atomic E-state index is 0. The summed E-state index contributed by atoms with van der Waals surface area (Å²) < 4.78 is 4.80. The van der Waals surface area contributed by atoms with Crippen LogP contribution in [0.5, 0.6) is 0 Å². The number of carboxylic acid groups (broad SMARTS) is 1. The zero-order valence-electron chi connectivity index (χ0n) is 9.69. The van der Waals surface area contributed by atoms with E-state index < -0.39 is 11.5 Å². The topological polar surface area (TPSA) is 89.6 Å².